The number of amides is 3. The van der Waals surface area contributed by atoms with Crippen molar-refractivity contribution in [3.05, 3.63) is 71.3 Å². The van der Waals surface area contributed by atoms with E-state index >= 15 is 0 Å². The average molecular weight is 365 g/mol. The molecule has 1 aliphatic rings. The standard InChI is InChI=1S/C21H23N3O3/c1-16-6-5-9-18(14-16)21(27)24-12-10-23(11-13-24)19(25)15-22-20(26)17-7-3-2-4-8-17/h2-9,14H,10-13,15H2,1H3,(H,22,26). The molecule has 1 fully saturated rings. The van der Waals surface area contributed by atoms with Gasteiger partial charge in [-0.1, -0.05) is 35.9 Å². The Morgan fingerprint density at radius 3 is 2.15 bits per heavy atom. The minimum absolute atomic E-state index is 0.0109. The van der Waals surface area contributed by atoms with Gasteiger partial charge in [0.2, 0.25) is 5.91 Å². The molecule has 1 N–H and O–H groups in total. The van der Waals surface area contributed by atoms with E-state index in [1.54, 1.807) is 34.1 Å². The molecule has 2 aromatic rings. The quantitative estimate of drug-likeness (QED) is 0.897. The Kier molecular flexibility index (Phi) is 5.86. The Balaban J connectivity index is 1.48. The summed E-state index contributed by atoms with van der Waals surface area (Å²) in [5.74, 6) is -0.415. The molecular formula is C21H23N3O3. The number of rotatable bonds is 4. The average Bonchev–Trinajstić information content (AvgIpc) is 2.72. The van der Waals surface area contributed by atoms with Crippen molar-refractivity contribution in [3.63, 3.8) is 0 Å². The molecule has 6 nitrogen and oxygen atoms in total. The predicted molar refractivity (Wildman–Crippen MR) is 102 cm³/mol. The maximum atomic E-state index is 12.6. The first-order valence-corrected chi connectivity index (χ1v) is 9.01. The molecule has 140 valence electrons. The molecule has 0 bridgehead atoms. The van der Waals surface area contributed by atoms with Gasteiger partial charge in [0.1, 0.15) is 0 Å². The smallest absolute Gasteiger partial charge is 0.253 e. The topological polar surface area (TPSA) is 69.7 Å². The molecule has 0 atom stereocenters. The van der Waals surface area contributed by atoms with Crippen molar-refractivity contribution in [1.82, 2.24) is 15.1 Å². The summed E-state index contributed by atoms with van der Waals surface area (Å²) in [7, 11) is 0. The fraction of sp³-hybridized carbons (Fsp3) is 0.286. The van der Waals surface area contributed by atoms with E-state index in [1.807, 2.05) is 37.3 Å². The lowest BCUT2D eigenvalue weighted by Gasteiger charge is -2.35. The highest BCUT2D eigenvalue weighted by atomic mass is 16.2. The molecule has 0 aromatic heterocycles. The van der Waals surface area contributed by atoms with Crippen LogP contribution < -0.4 is 5.32 Å². The van der Waals surface area contributed by atoms with E-state index in [0.717, 1.165) is 5.56 Å². The van der Waals surface area contributed by atoms with E-state index < -0.39 is 0 Å². The molecule has 6 heteroatoms. The normalized spacial score (nSPS) is 14.0. The SMILES string of the molecule is Cc1cccc(C(=O)N2CCN(C(=O)CNC(=O)c3ccccc3)CC2)c1. The van der Waals surface area contributed by atoms with Gasteiger partial charge < -0.3 is 15.1 Å². The van der Waals surface area contributed by atoms with Crippen LogP contribution in [0, 0.1) is 6.92 Å². The zero-order chi connectivity index (χ0) is 19.2. The van der Waals surface area contributed by atoms with Crippen LogP contribution in [0.3, 0.4) is 0 Å². The third-order valence-electron chi connectivity index (χ3n) is 4.62. The summed E-state index contributed by atoms with van der Waals surface area (Å²) < 4.78 is 0. The third-order valence-corrected chi connectivity index (χ3v) is 4.62. The zero-order valence-electron chi connectivity index (χ0n) is 15.4. The largest absolute Gasteiger partial charge is 0.343 e. The molecule has 3 rings (SSSR count). The number of carbonyl (C=O) groups excluding carboxylic acids is 3. The van der Waals surface area contributed by atoms with E-state index in [2.05, 4.69) is 5.32 Å². The molecule has 27 heavy (non-hydrogen) atoms. The summed E-state index contributed by atoms with van der Waals surface area (Å²) in [5.41, 5.74) is 2.24. The van der Waals surface area contributed by atoms with Crippen LogP contribution >= 0.6 is 0 Å². The third kappa shape index (κ3) is 4.73. The van der Waals surface area contributed by atoms with Crippen LogP contribution in [-0.4, -0.2) is 60.2 Å². The first-order chi connectivity index (χ1) is 13.0. The highest BCUT2D eigenvalue weighted by Gasteiger charge is 2.25. The summed E-state index contributed by atoms with van der Waals surface area (Å²) in [4.78, 5) is 40.4. The number of nitrogens with one attached hydrogen (secondary N) is 1. The van der Waals surface area contributed by atoms with Crippen LogP contribution in [0.1, 0.15) is 26.3 Å². The fourth-order valence-corrected chi connectivity index (χ4v) is 3.08. The summed E-state index contributed by atoms with van der Waals surface area (Å²) in [6, 6.07) is 16.3. The lowest BCUT2D eigenvalue weighted by atomic mass is 10.1. The van der Waals surface area contributed by atoms with Crippen LogP contribution in [0.15, 0.2) is 54.6 Å². The van der Waals surface area contributed by atoms with Gasteiger partial charge in [0, 0.05) is 37.3 Å². The van der Waals surface area contributed by atoms with E-state index in [9.17, 15) is 14.4 Å². The molecule has 0 saturated carbocycles. The second-order valence-electron chi connectivity index (χ2n) is 6.59. The summed E-state index contributed by atoms with van der Waals surface area (Å²) in [5, 5.41) is 2.65. The minimum Gasteiger partial charge on any atom is -0.343 e. The number of carbonyl (C=O) groups is 3. The maximum absolute atomic E-state index is 12.6. The van der Waals surface area contributed by atoms with Crippen molar-refractivity contribution in [2.24, 2.45) is 0 Å². The number of hydrogen-bond donors (Lipinski definition) is 1. The number of nitrogens with zero attached hydrogens (tertiary/aromatic N) is 2. The van der Waals surface area contributed by atoms with Crippen molar-refractivity contribution in [1.29, 1.82) is 0 Å². The van der Waals surface area contributed by atoms with E-state index in [1.165, 1.54) is 0 Å². The van der Waals surface area contributed by atoms with E-state index in [0.29, 0.717) is 37.3 Å². The van der Waals surface area contributed by atoms with Gasteiger partial charge in [-0.2, -0.15) is 0 Å². The highest BCUT2D eigenvalue weighted by Crippen LogP contribution is 2.11. The van der Waals surface area contributed by atoms with Gasteiger partial charge in [-0.25, -0.2) is 0 Å². The molecule has 3 amide bonds. The molecular weight excluding hydrogens is 342 g/mol. The molecule has 0 aliphatic carbocycles. The van der Waals surface area contributed by atoms with Gasteiger partial charge in [0.15, 0.2) is 0 Å². The van der Waals surface area contributed by atoms with Crippen molar-refractivity contribution in [2.45, 2.75) is 6.92 Å². The monoisotopic (exact) mass is 365 g/mol. The maximum Gasteiger partial charge on any atom is 0.253 e. The summed E-state index contributed by atoms with van der Waals surface area (Å²) >= 11 is 0. The number of hydrogen-bond acceptors (Lipinski definition) is 3. The molecule has 1 heterocycles. The van der Waals surface area contributed by atoms with Gasteiger partial charge in [-0.3, -0.25) is 14.4 Å². The zero-order valence-corrected chi connectivity index (χ0v) is 15.4. The van der Waals surface area contributed by atoms with Crippen molar-refractivity contribution in [3.8, 4) is 0 Å². The molecule has 0 spiro atoms. The Morgan fingerprint density at radius 2 is 1.48 bits per heavy atom. The van der Waals surface area contributed by atoms with Crippen LogP contribution in [0.25, 0.3) is 0 Å². The predicted octanol–water partition coefficient (Wildman–Crippen LogP) is 1.71. The summed E-state index contributed by atoms with van der Waals surface area (Å²) in [6.07, 6.45) is 0. The van der Waals surface area contributed by atoms with Crippen LogP contribution in [-0.2, 0) is 4.79 Å². The Bertz CT molecular complexity index is 828. The van der Waals surface area contributed by atoms with Gasteiger partial charge in [0.05, 0.1) is 6.54 Å². The van der Waals surface area contributed by atoms with Crippen molar-refractivity contribution < 1.29 is 14.4 Å². The highest BCUT2D eigenvalue weighted by molar-refractivity contribution is 5.96. The lowest BCUT2D eigenvalue weighted by molar-refractivity contribution is -0.131. The molecule has 1 saturated heterocycles. The Morgan fingerprint density at radius 1 is 0.852 bits per heavy atom. The minimum atomic E-state index is -0.266. The number of piperazine rings is 1. The van der Waals surface area contributed by atoms with Gasteiger partial charge in [0.25, 0.3) is 11.8 Å². The van der Waals surface area contributed by atoms with E-state index in [-0.39, 0.29) is 24.3 Å². The molecule has 1 aliphatic heterocycles. The van der Waals surface area contributed by atoms with Crippen molar-refractivity contribution >= 4 is 17.7 Å². The fourth-order valence-electron chi connectivity index (χ4n) is 3.08. The second kappa shape index (κ2) is 8.49. The number of benzene rings is 2. The van der Waals surface area contributed by atoms with Crippen LogP contribution in [0.4, 0.5) is 0 Å². The summed E-state index contributed by atoms with van der Waals surface area (Å²) in [6.45, 7) is 3.84. The van der Waals surface area contributed by atoms with Gasteiger partial charge in [-0.05, 0) is 31.2 Å². The molecule has 2 aromatic carbocycles. The first-order valence-electron chi connectivity index (χ1n) is 9.01. The van der Waals surface area contributed by atoms with Crippen LogP contribution in [0.5, 0.6) is 0 Å². The van der Waals surface area contributed by atoms with Crippen molar-refractivity contribution in [2.75, 3.05) is 32.7 Å². The van der Waals surface area contributed by atoms with Gasteiger partial charge >= 0.3 is 0 Å². The van der Waals surface area contributed by atoms with Crippen LogP contribution in [0.2, 0.25) is 0 Å². The number of aryl methyl sites for hydroxylation is 1. The molecule has 0 radical (unpaired) electrons. The molecule has 0 unspecified atom stereocenters. The lowest BCUT2D eigenvalue weighted by Crippen LogP contribution is -2.52. The Hall–Kier alpha value is -3.15. The van der Waals surface area contributed by atoms with Gasteiger partial charge in [-0.15, -0.1) is 0 Å². The first kappa shape index (κ1) is 18.6. The second-order valence-corrected chi connectivity index (χ2v) is 6.59. The van der Waals surface area contributed by atoms with E-state index in [4.69, 9.17) is 0 Å². The Labute approximate surface area is 158 Å².